The number of halogens is 1. The lowest BCUT2D eigenvalue weighted by Crippen LogP contribution is -2.01. The van der Waals surface area contributed by atoms with E-state index in [1.807, 2.05) is 0 Å². The fraction of sp³-hybridized carbons (Fsp3) is 0.0833. The van der Waals surface area contributed by atoms with Crippen molar-refractivity contribution in [1.29, 1.82) is 0 Å². The molecule has 1 aromatic carbocycles. The largest absolute Gasteiger partial charge is 0.494 e. The molecule has 0 bridgehead atoms. The van der Waals surface area contributed by atoms with Crippen LogP contribution in [0.4, 0.5) is 4.39 Å². The molecule has 16 heavy (non-hydrogen) atoms. The highest BCUT2D eigenvalue weighted by atomic mass is 19.1. The van der Waals surface area contributed by atoms with Gasteiger partial charge in [0, 0.05) is 12.3 Å². The van der Waals surface area contributed by atoms with Crippen molar-refractivity contribution in [3.05, 3.63) is 52.7 Å². The lowest BCUT2D eigenvalue weighted by Gasteiger charge is -2.04. The first kappa shape index (κ1) is 10.4. The number of hydrogen-bond donors (Lipinski definition) is 1. The van der Waals surface area contributed by atoms with Crippen LogP contribution < -0.4 is 10.3 Å². The van der Waals surface area contributed by atoms with Crippen molar-refractivity contribution in [2.75, 3.05) is 7.11 Å². The Labute approximate surface area is 91.5 Å². The molecule has 0 fully saturated rings. The van der Waals surface area contributed by atoms with Crippen molar-refractivity contribution in [1.82, 2.24) is 4.98 Å². The lowest BCUT2D eigenvalue weighted by molar-refractivity contribution is 0.386. The van der Waals surface area contributed by atoms with Crippen molar-refractivity contribution >= 4 is 0 Å². The summed E-state index contributed by atoms with van der Waals surface area (Å²) < 4.78 is 18.2. The Hall–Kier alpha value is -2.10. The van der Waals surface area contributed by atoms with Gasteiger partial charge in [-0.25, -0.2) is 4.39 Å². The number of rotatable bonds is 2. The van der Waals surface area contributed by atoms with Crippen molar-refractivity contribution < 1.29 is 9.13 Å². The molecule has 2 rings (SSSR count). The van der Waals surface area contributed by atoms with Crippen molar-refractivity contribution in [2.24, 2.45) is 0 Å². The third kappa shape index (κ3) is 1.95. The van der Waals surface area contributed by atoms with E-state index in [2.05, 4.69) is 4.98 Å². The normalized spacial score (nSPS) is 10.1. The van der Waals surface area contributed by atoms with Crippen LogP contribution in [0.2, 0.25) is 0 Å². The van der Waals surface area contributed by atoms with Gasteiger partial charge in [-0.15, -0.1) is 0 Å². The van der Waals surface area contributed by atoms with Crippen LogP contribution in [0.15, 0.2) is 41.3 Å². The summed E-state index contributed by atoms with van der Waals surface area (Å²) >= 11 is 0. The third-order valence-corrected chi connectivity index (χ3v) is 2.27. The second-order valence-electron chi connectivity index (χ2n) is 3.29. The van der Waals surface area contributed by atoms with E-state index < -0.39 is 5.82 Å². The van der Waals surface area contributed by atoms with E-state index >= 15 is 0 Å². The van der Waals surface area contributed by atoms with E-state index in [4.69, 9.17) is 4.74 Å². The molecule has 0 saturated heterocycles. The summed E-state index contributed by atoms with van der Waals surface area (Å²) in [5.74, 6) is -0.223. The number of pyridine rings is 1. The molecule has 0 unspecified atom stereocenters. The maximum absolute atomic E-state index is 13.4. The summed E-state index contributed by atoms with van der Waals surface area (Å²) in [5, 5.41) is 0. The van der Waals surface area contributed by atoms with Crippen molar-refractivity contribution in [2.45, 2.75) is 0 Å². The lowest BCUT2D eigenvalue weighted by atomic mass is 10.1. The minimum Gasteiger partial charge on any atom is -0.494 e. The van der Waals surface area contributed by atoms with Crippen LogP contribution in [-0.4, -0.2) is 12.1 Å². The molecule has 0 amide bonds. The summed E-state index contributed by atoms with van der Waals surface area (Å²) in [7, 11) is 1.41. The van der Waals surface area contributed by atoms with E-state index in [0.717, 1.165) is 5.56 Å². The van der Waals surface area contributed by atoms with Crippen LogP contribution in [0.5, 0.6) is 5.75 Å². The highest BCUT2D eigenvalue weighted by Crippen LogP contribution is 2.24. The van der Waals surface area contributed by atoms with Crippen LogP contribution in [0.25, 0.3) is 11.1 Å². The number of nitrogens with one attached hydrogen (secondary N) is 1. The van der Waals surface area contributed by atoms with Gasteiger partial charge in [0.1, 0.15) is 0 Å². The Morgan fingerprint density at radius 2 is 1.94 bits per heavy atom. The molecule has 0 saturated carbocycles. The molecule has 0 spiro atoms. The minimum atomic E-state index is -0.425. The molecule has 0 aliphatic rings. The Morgan fingerprint density at radius 1 is 1.19 bits per heavy atom. The Kier molecular flexibility index (Phi) is 2.72. The smallest absolute Gasteiger partial charge is 0.247 e. The van der Waals surface area contributed by atoms with E-state index in [0.29, 0.717) is 5.56 Å². The number of aromatic nitrogens is 1. The Balaban J connectivity index is 2.45. The Morgan fingerprint density at radius 3 is 2.50 bits per heavy atom. The second kappa shape index (κ2) is 4.18. The molecule has 0 atom stereocenters. The average Bonchev–Trinajstić information content (AvgIpc) is 2.30. The zero-order valence-corrected chi connectivity index (χ0v) is 8.66. The minimum absolute atomic E-state index is 0.183. The molecule has 1 N–H and O–H groups in total. The van der Waals surface area contributed by atoms with E-state index in [1.165, 1.54) is 19.2 Å². The van der Waals surface area contributed by atoms with Gasteiger partial charge in [0.05, 0.1) is 7.11 Å². The number of aromatic amines is 1. The van der Waals surface area contributed by atoms with E-state index in [1.54, 1.807) is 24.4 Å². The molecule has 4 heteroatoms. The molecule has 0 radical (unpaired) electrons. The predicted molar refractivity (Wildman–Crippen MR) is 59.0 cm³/mol. The molecular formula is C12H10FNO2. The molecule has 82 valence electrons. The standard InChI is InChI=1S/C12H10FNO2/c1-16-11-4-2-8(6-10(11)13)9-3-5-12(15)14-7-9/h2-7H,1H3,(H,14,15). The second-order valence-corrected chi connectivity index (χ2v) is 3.29. The summed E-state index contributed by atoms with van der Waals surface area (Å²) in [6.07, 6.45) is 1.55. The van der Waals surface area contributed by atoms with Gasteiger partial charge in [0.2, 0.25) is 5.56 Å². The number of hydrogen-bond acceptors (Lipinski definition) is 2. The molecule has 3 nitrogen and oxygen atoms in total. The fourth-order valence-electron chi connectivity index (χ4n) is 1.44. The van der Waals surface area contributed by atoms with Crippen LogP contribution in [0, 0.1) is 5.82 Å². The van der Waals surface area contributed by atoms with Crippen LogP contribution >= 0.6 is 0 Å². The molecule has 1 heterocycles. The van der Waals surface area contributed by atoms with Gasteiger partial charge < -0.3 is 9.72 Å². The monoisotopic (exact) mass is 219 g/mol. The molecular weight excluding hydrogens is 209 g/mol. The maximum Gasteiger partial charge on any atom is 0.247 e. The first-order chi connectivity index (χ1) is 7.70. The van der Waals surface area contributed by atoms with E-state index in [-0.39, 0.29) is 11.3 Å². The molecule has 1 aromatic heterocycles. The highest BCUT2D eigenvalue weighted by Gasteiger charge is 2.04. The van der Waals surface area contributed by atoms with Gasteiger partial charge >= 0.3 is 0 Å². The number of methoxy groups -OCH3 is 1. The van der Waals surface area contributed by atoms with Gasteiger partial charge in [-0.05, 0) is 29.3 Å². The zero-order chi connectivity index (χ0) is 11.5. The first-order valence-corrected chi connectivity index (χ1v) is 4.73. The summed E-state index contributed by atoms with van der Waals surface area (Å²) in [5.41, 5.74) is 1.26. The van der Waals surface area contributed by atoms with Gasteiger partial charge in [0.25, 0.3) is 0 Å². The Bertz CT molecular complexity index is 543. The van der Waals surface area contributed by atoms with E-state index in [9.17, 15) is 9.18 Å². The van der Waals surface area contributed by atoms with Crippen LogP contribution in [-0.2, 0) is 0 Å². The van der Waals surface area contributed by atoms with Gasteiger partial charge in [0.15, 0.2) is 11.6 Å². The zero-order valence-electron chi connectivity index (χ0n) is 8.66. The topological polar surface area (TPSA) is 42.1 Å². The predicted octanol–water partition coefficient (Wildman–Crippen LogP) is 2.19. The first-order valence-electron chi connectivity index (χ1n) is 4.73. The van der Waals surface area contributed by atoms with Gasteiger partial charge in [-0.2, -0.15) is 0 Å². The molecule has 0 aliphatic carbocycles. The number of benzene rings is 1. The molecule has 2 aromatic rings. The third-order valence-electron chi connectivity index (χ3n) is 2.27. The van der Waals surface area contributed by atoms with Crippen LogP contribution in [0.3, 0.4) is 0 Å². The fourth-order valence-corrected chi connectivity index (χ4v) is 1.44. The molecule has 0 aliphatic heterocycles. The number of H-pyrrole nitrogens is 1. The number of ether oxygens (including phenoxy) is 1. The summed E-state index contributed by atoms with van der Waals surface area (Å²) in [6, 6.07) is 7.69. The van der Waals surface area contributed by atoms with Crippen LogP contribution in [0.1, 0.15) is 0 Å². The van der Waals surface area contributed by atoms with Crippen molar-refractivity contribution in [3.63, 3.8) is 0 Å². The average molecular weight is 219 g/mol. The maximum atomic E-state index is 13.4. The highest BCUT2D eigenvalue weighted by molar-refractivity contribution is 5.63. The summed E-state index contributed by atoms with van der Waals surface area (Å²) in [6.45, 7) is 0. The van der Waals surface area contributed by atoms with Gasteiger partial charge in [-0.1, -0.05) is 6.07 Å². The summed E-state index contributed by atoms with van der Waals surface area (Å²) in [4.78, 5) is 13.4. The SMILES string of the molecule is COc1ccc(-c2ccc(=O)[nH]c2)cc1F. The quantitative estimate of drug-likeness (QED) is 0.841. The van der Waals surface area contributed by atoms with Crippen molar-refractivity contribution in [3.8, 4) is 16.9 Å². The van der Waals surface area contributed by atoms with Gasteiger partial charge in [-0.3, -0.25) is 4.79 Å².